The fourth-order valence-electron chi connectivity index (χ4n) is 4.32. The molecule has 1 aliphatic heterocycles. The van der Waals surface area contributed by atoms with Crippen LogP contribution < -0.4 is 4.74 Å². The Bertz CT molecular complexity index is 1290. The maximum absolute atomic E-state index is 13.3. The van der Waals surface area contributed by atoms with E-state index in [2.05, 4.69) is 11.8 Å². The van der Waals surface area contributed by atoms with Crippen LogP contribution in [0.15, 0.2) is 66.7 Å². The summed E-state index contributed by atoms with van der Waals surface area (Å²) < 4.78 is 19.0. The maximum atomic E-state index is 13.3. The Morgan fingerprint density at radius 3 is 2.51 bits per heavy atom. The number of hydrogen-bond donors (Lipinski definition) is 1. The highest BCUT2D eigenvalue weighted by atomic mass is 19.1. The fraction of sp³-hybridized carbons (Fsp3) is 0.241. The Hall–Kier alpha value is -4.11. The summed E-state index contributed by atoms with van der Waals surface area (Å²) in [7, 11) is 0. The number of fused-ring (bicyclic) bond motifs is 1. The molecule has 1 heterocycles. The summed E-state index contributed by atoms with van der Waals surface area (Å²) in [6.07, 6.45) is 0.153. The molecule has 6 heteroatoms. The molecule has 0 saturated heterocycles. The lowest BCUT2D eigenvalue weighted by molar-refractivity contribution is -0.152. The van der Waals surface area contributed by atoms with E-state index in [1.54, 1.807) is 19.1 Å². The topological polar surface area (TPSA) is 66.8 Å². The lowest BCUT2D eigenvalue weighted by atomic mass is 9.89. The molecule has 35 heavy (non-hydrogen) atoms. The van der Waals surface area contributed by atoms with Gasteiger partial charge in [-0.2, -0.15) is 0 Å². The number of carbonyl (C=O) groups is 2. The van der Waals surface area contributed by atoms with E-state index < -0.39 is 17.9 Å². The van der Waals surface area contributed by atoms with Gasteiger partial charge in [-0.25, -0.2) is 9.18 Å². The number of aryl methyl sites for hydroxylation is 1. The fourth-order valence-corrected chi connectivity index (χ4v) is 4.32. The van der Waals surface area contributed by atoms with Gasteiger partial charge in [0.2, 0.25) is 5.91 Å². The molecule has 178 valence electrons. The molecule has 0 fully saturated rings. The van der Waals surface area contributed by atoms with Crippen LogP contribution in [0.4, 0.5) is 4.39 Å². The van der Waals surface area contributed by atoms with Gasteiger partial charge in [0.15, 0.2) is 0 Å². The van der Waals surface area contributed by atoms with Gasteiger partial charge in [-0.3, -0.25) is 4.79 Å². The monoisotopic (exact) mass is 471 g/mol. The SMILES string of the molecule is Cc1ccc2c(c1OCC#Cc1ccc(F)cc1)C[C@@H](C(=O)O)N(C(=O)C(C)c1ccccc1)C2. The number of nitrogens with zero attached hydrogens (tertiary/aromatic N) is 1. The highest BCUT2D eigenvalue weighted by Crippen LogP contribution is 2.35. The zero-order valence-corrected chi connectivity index (χ0v) is 19.6. The molecule has 0 aliphatic carbocycles. The van der Waals surface area contributed by atoms with Gasteiger partial charge in [0.05, 0.1) is 5.92 Å². The molecule has 1 aliphatic rings. The molecule has 0 spiro atoms. The van der Waals surface area contributed by atoms with Gasteiger partial charge in [0.25, 0.3) is 0 Å². The molecule has 0 aromatic heterocycles. The van der Waals surface area contributed by atoms with Crippen molar-refractivity contribution in [3.63, 3.8) is 0 Å². The number of halogens is 1. The van der Waals surface area contributed by atoms with Crippen LogP contribution in [0.5, 0.6) is 5.75 Å². The van der Waals surface area contributed by atoms with Crippen LogP contribution in [-0.4, -0.2) is 34.5 Å². The van der Waals surface area contributed by atoms with Gasteiger partial charge in [-0.1, -0.05) is 54.3 Å². The number of ether oxygens (including phenoxy) is 1. The number of amides is 1. The Balaban J connectivity index is 1.56. The summed E-state index contributed by atoms with van der Waals surface area (Å²) in [5.41, 5.74) is 4.05. The predicted molar refractivity (Wildman–Crippen MR) is 130 cm³/mol. The third-order valence-corrected chi connectivity index (χ3v) is 6.27. The van der Waals surface area contributed by atoms with E-state index in [4.69, 9.17) is 4.74 Å². The van der Waals surface area contributed by atoms with Crippen LogP contribution in [0.3, 0.4) is 0 Å². The number of carbonyl (C=O) groups excluding carboxylic acids is 1. The highest BCUT2D eigenvalue weighted by Gasteiger charge is 2.38. The second kappa shape index (κ2) is 10.4. The van der Waals surface area contributed by atoms with E-state index in [0.717, 1.165) is 22.3 Å². The second-order valence-electron chi connectivity index (χ2n) is 8.60. The standard InChI is InChI=1S/C29H26FNO4/c1-19-10-13-23-18-31(28(32)20(2)22-8-4-3-5-9-22)26(29(33)34)17-25(23)27(19)35-16-6-7-21-11-14-24(30)15-12-21/h3-5,8-15,20,26H,16-18H2,1-2H3,(H,33,34)/t20?,26-/m0/s1. The summed E-state index contributed by atoms with van der Waals surface area (Å²) >= 11 is 0. The molecular weight excluding hydrogens is 445 g/mol. The minimum absolute atomic E-state index is 0.0973. The van der Waals surface area contributed by atoms with E-state index in [-0.39, 0.29) is 31.3 Å². The minimum Gasteiger partial charge on any atom is -0.480 e. The van der Waals surface area contributed by atoms with Gasteiger partial charge < -0.3 is 14.7 Å². The van der Waals surface area contributed by atoms with Crippen molar-refractivity contribution >= 4 is 11.9 Å². The first kappa shape index (κ1) is 24.0. The van der Waals surface area contributed by atoms with E-state index in [1.807, 2.05) is 49.4 Å². The molecular formula is C29H26FNO4. The van der Waals surface area contributed by atoms with Crippen molar-refractivity contribution in [2.45, 2.75) is 38.8 Å². The number of carboxylic acids is 1. The Morgan fingerprint density at radius 2 is 1.83 bits per heavy atom. The largest absolute Gasteiger partial charge is 0.480 e. The van der Waals surface area contributed by atoms with Crippen LogP contribution in [-0.2, 0) is 22.6 Å². The van der Waals surface area contributed by atoms with Gasteiger partial charge >= 0.3 is 5.97 Å². The minimum atomic E-state index is -1.05. The smallest absolute Gasteiger partial charge is 0.326 e. The number of rotatable bonds is 5. The molecule has 5 nitrogen and oxygen atoms in total. The summed E-state index contributed by atoms with van der Waals surface area (Å²) in [6, 6.07) is 18.1. The van der Waals surface area contributed by atoms with Crippen molar-refractivity contribution in [3.05, 3.63) is 100 Å². The molecule has 0 saturated carbocycles. The van der Waals surface area contributed by atoms with Crippen molar-refractivity contribution in [2.75, 3.05) is 6.61 Å². The van der Waals surface area contributed by atoms with Crippen molar-refractivity contribution in [3.8, 4) is 17.6 Å². The third-order valence-electron chi connectivity index (χ3n) is 6.27. The van der Waals surface area contributed by atoms with Crippen LogP contribution in [0.2, 0.25) is 0 Å². The summed E-state index contributed by atoms with van der Waals surface area (Å²) in [5, 5.41) is 9.97. The Kier molecular flexibility index (Phi) is 7.17. The number of aliphatic carboxylic acids is 1. The molecule has 2 atom stereocenters. The van der Waals surface area contributed by atoms with Crippen molar-refractivity contribution in [1.29, 1.82) is 0 Å². The molecule has 1 amide bonds. The van der Waals surface area contributed by atoms with Gasteiger partial charge in [-0.05, 0) is 54.8 Å². The number of hydrogen-bond acceptors (Lipinski definition) is 3. The molecule has 0 radical (unpaired) electrons. The van der Waals surface area contributed by atoms with E-state index >= 15 is 0 Å². The molecule has 1 N–H and O–H groups in total. The van der Waals surface area contributed by atoms with Crippen LogP contribution in [0.1, 0.15) is 40.7 Å². The maximum Gasteiger partial charge on any atom is 0.326 e. The number of benzene rings is 3. The average Bonchev–Trinajstić information content (AvgIpc) is 2.87. The van der Waals surface area contributed by atoms with Crippen LogP contribution in [0.25, 0.3) is 0 Å². The van der Waals surface area contributed by atoms with Gasteiger partial charge in [0, 0.05) is 24.1 Å². The predicted octanol–water partition coefficient (Wildman–Crippen LogP) is 4.71. The van der Waals surface area contributed by atoms with Crippen molar-refractivity contribution in [1.82, 2.24) is 4.90 Å². The Labute approximate surface area is 204 Å². The van der Waals surface area contributed by atoms with E-state index in [9.17, 15) is 19.1 Å². The average molecular weight is 472 g/mol. The first-order valence-corrected chi connectivity index (χ1v) is 11.4. The first-order valence-electron chi connectivity index (χ1n) is 11.4. The van der Waals surface area contributed by atoms with Crippen molar-refractivity contribution < 1.29 is 23.8 Å². The van der Waals surface area contributed by atoms with Gasteiger partial charge in [-0.15, -0.1) is 0 Å². The summed E-state index contributed by atoms with van der Waals surface area (Å²) in [6.45, 7) is 3.99. The van der Waals surface area contributed by atoms with Crippen molar-refractivity contribution in [2.24, 2.45) is 0 Å². The molecule has 3 aromatic carbocycles. The lowest BCUT2D eigenvalue weighted by Crippen LogP contribution is -2.50. The molecule has 1 unspecified atom stereocenters. The highest BCUT2D eigenvalue weighted by molar-refractivity contribution is 5.88. The van der Waals surface area contributed by atoms with Crippen LogP contribution >= 0.6 is 0 Å². The Morgan fingerprint density at radius 1 is 1.11 bits per heavy atom. The van der Waals surface area contributed by atoms with E-state index in [0.29, 0.717) is 11.3 Å². The van der Waals surface area contributed by atoms with Gasteiger partial charge in [0.1, 0.15) is 24.2 Å². The zero-order valence-electron chi connectivity index (χ0n) is 19.6. The molecule has 4 rings (SSSR count). The zero-order chi connectivity index (χ0) is 24.9. The normalized spacial score (nSPS) is 15.4. The number of carboxylic acid groups (broad SMARTS) is 1. The third kappa shape index (κ3) is 5.36. The summed E-state index contributed by atoms with van der Waals surface area (Å²) in [4.78, 5) is 27.0. The molecule has 0 bridgehead atoms. The summed E-state index contributed by atoms with van der Waals surface area (Å²) in [5.74, 6) is 4.41. The lowest BCUT2D eigenvalue weighted by Gasteiger charge is -2.37. The van der Waals surface area contributed by atoms with E-state index in [1.165, 1.54) is 17.0 Å². The second-order valence-corrected chi connectivity index (χ2v) is 8.60. The van der Waals surface area contributed by atoms with Crippen LogP contribution in [0, 0.1) is 24.6 Å². The first-order chi connectivity index (χ1) is 16.8. The molecule has 3 aromatic rings. The quantitative estimate of drug-likeness (QED) is 0.548.